The Balaban J connectivity index is 1.79. The lowest BCUT2D eigenvalue weighted by atomic mass is 10.1. The predicted octanol–water partition coefficient (Wildman–Crippen LogP) is 1.12. The van der Waals surface area contributed by atoms with E-state index >= 15 is 0 Å². The van der Waals surface area contributed by atoms with Gasteiger partial charge < -0.3 is 10.6 Å². The Morgan fingerprint density at radius 3 is 3.24 bits per heavy atom. The molecule has 1 amide bonds. The minimum absolute atomic E-state index is 0.0611. The molecule has 0 saturated carbocycles. The van der Waals surface area contributed by atoms with E-state index in [2.05, 4.69) is 15.6 Å². The number of aryl methyl sites for hydroxylation is 1. The lowest BCUT2D eigenvalue weighted by Crippen LogP contribution is -2.27. The maximum atomic E-state index is 11.9. The van der Waals surface area contributed by atoms with E-state index in [-0.39, 0.29) is 5.91 Å². The summed E-state index contributed by atoms with van der Waals surface area (Å²) in [7, 11) is 0. The fourth-order valence-corrected chi connectivity index (χ4v) is 2.16. The van der Waals surface area contributed by atoms with Gasteiger partial charge in [-0.15, -0.1) is 0 Å². The molecular formula is C13H19N3O. The molecule has 0 spiro atoms. The highest BCUT2D eigenvalue weighted by Crippen LogP contribution is 2.11. The molecule has 2 N–H and O–H groups in total. The first-order valence-corrected chi connectivity index (χ1v) is 6.18. The van der Waals surface area contributed by atoms with Gasteiger partial charge in [0.05, 0.1) is 0 Å². The van der Waals surface area contributed by atoms with Crippen LogP contribution in [-0.2, 0) is 0 Å². The standard InChI is InChI=1S/C13H19N3O/c1-10-3-2-6-15-12(10)13(17)16-8-5-11-4-7-14-9-11/h2-3,6,11,14H,4-5,7-9H2,1H3,(H,16,17). The summed E-state index contributed by atoms with van der Waals surface area (Å²) in [5.41, 5.74) is 1.46. The van der Waals surface area contributed by atoms with Crippen molar-refractivity contribution in [2.45, 2.75) is 19.8 Å². The van der Waals surface area contributed by atoms with Gasteiger partial charge in [0.25, 0.3) is 5.91 Å². The van der Waals surface area contributed by atoms with Gasteiger partial charge in [-0.25, -0.2) is 0 Å². The Kier molecular flexibility index (Phi) is 4.09. The first-order valence-electron chi connectivity index (χ1n) is 6.18. The van der Waals surface area contributed by atoms with Gasteiger partial charge >= 0.3 is 0 Å². The van der Waals surface area contributed by atoms with Crippen LogP contribution in [-0.4, -0.2) is 30.5 Å². The average Bonchev–Trinajstić information content (AvgIpc) is 2.82. The summed E-state index contributed by atoms with van der Waals surface area (Å²) in [4.78, 5) is 16.0. The molecule has 17 heavy (non-hydrogen) atoms. The van der Waals surface area contributed by atoms with Gasteiger partial charge in [-0.2, -0.15) is 0 Å². The Labute approximate surface area is 102 Å². The molecule has 0 aromatic carbocycles. The van der Waals surface area contributed by atoms with Crippen LogP contribution in [0.2, 0.25) is 0 Å². The van der Waals surface area contributed by atoms with Crippen LogP contribution in [0.15, 0.2) is 18.3 Å². The van der Waals surface area contributed by atoms with Crippen LogP contribution in [0, 0.1) is 12.8 Å². The van der Waals surface area contributed by atoms with Crippen LogP contribution in [0.1, 0.15) is 28.9 Å². The summed E-state index contributed by atoms with van der Waals surface area (Å²) < 4.78 is 0. The second-order valence-corrected chi connectivity index (χ2v) is 4.57. The maximum absolute atomic E-state index is 11.9. The first-order chi connectivity index (χ1) is 8.27. The monoisotopic (exact) mass is 233 g/mol. The lowest BCUT2D eigenvalue weighted by Gasteiger charge is -2.09. The van der Waals surface area contributed by atoms with E-state index in [1.165, 1.54) is 6.42 Å². The van der Waals surface area contributed by atoms with Crippen molar-refractivity contribution < 1.29 is 4.79 Å². The number of amides is 1. The van der Waals surface area contributed by atoms with Gasteiger partial charge in [-0.05, 0) is 50.4 Å². The van der Waals surface area contributed by atoms with Crippen molar-refractivity contribution in [1.29, 1.82) is 0 Å². The van der Waals surface area contributed by atoms with E-state index in [4.69, 9.17) is 0 Å². The largest absolute Gasteiger partial charge is 0.351 e. The number of rotatable bonds is 4. The fourth-order valence-electron chi connectivity index (χ4n) is 2.16. The number of aromatic nitrogens is 1. The zero-order chi connectivity index (χ0) is 12.1. The molecule has 1 saturated heterocycles. The number of hydrogen-bond acceptors (Lipinski definition) is 3. The van der Waals surface area contributed by atoms with Crippen LogP contribution in [0.25, 0.3) is 0 Å². The molecule has 1 fully saturated rings. The van der Waals surface area contributed by atoms with Crippen molar-refractivity contribution >= 4 is 5.91 Å². The van der Waals surface area contributed by atoms with E-state index in [9.17, 15) is 4.79 Å². The van der Waals surface area contributed by atoms with E-state index in [0.29, 0.717) is 11.6 Å². The first kappa shape index (κ1) is 12.0. The summed E-state index contributed by atoms with van der Waals surface area (Å²) >= 11 is 0. The smallest absolute Gasteiger partial charge is 0.270 e. The zero-order valence-electron chi connectivity index (χ0n) is 10.2. The summed E-state index contributed by atoms with van der Waals surface area (Å²) in [5.74, 6) is 0.647. The van der Waals surface area contributed by atoms with Crippen molar-refractivity contribution in [2.24, 2.45) is 5.92 Å². The van der Waals surface area contributed by atoms with Crippen LogP contribution >= 0.6 is 0 Å². The Bertz CT molecular complexity index is 386. The number of nitrogens with zero attached hydrogens (tertiary/aromatic N) is 1. The van der Waals surface area contributed by atoms with E-state index in [1.54, 1.807) is 6.20 Å². The van der Waals surface area contributed by atoms with Gasteiger partial charge in [0.1, 0.15) is 5.69 Å². The third-order valence-corrected chi connectivity index (χ3v) is 3.23. The van der Waals surface area contributed by atoms with Crippen molar-refractivity contribution in [3.05, 3.63) is 29.6 Å². The van der Waals surface area contributed by atoms with Crippen molar-refractivity contribution in [2.75, 3.05) is 19.6 Å². The van der Waals surface area contributed by atoms with Gasteiger partial charge in [0.2, 0.25) is 0 Å². The van der Waals surface area contributed by atoms with Crippen LogP contribution in [0.5, 0.6) is 0 Å². The number of nitrogens with one attached hydrogen (secondary N) is 2. The SMILES string of the molecule is Cc1cccnc1C(=O)NCCC1CCNC1. The number of carbonyl (C=O) groups is 1. The highest BCUT2D eigenvalue weighted by atomic mass is 16.1. The van der Waals surface area contributed by atoms with Crippen LogP contribution < -0.4 is 10.6 Å². The van der Waals surface area contributed by atoms with Crippen LogP contribution in [0.4, 0.5) is 0 Å². The number of hydrogen-bond donors (Lipinski definition) is 2. The van der Waals surface area contributed by atoms with Crippen LogP contribution in [0.3, 0.4) is 0 Å². The second-order valence-electron chi connectivity index (χ2n) is 4.57. The molecular weight excluding hydrogens is 214 g/mol. The maximum Gasteiger partial charge on any atom is 0.270 e. The molecule has 0 bridgehead atoms. The highest BCUT2D eigenvalue weighted by Gasteiger charge is 2.15. The van der Waals surface area contributed by atoms with E-state index < -0.39 is 0 Å². The number of carbonyl (C=O) groups excluding carboxylic acids is 1. The summed E-state index contributed by atoms with van der Waals surface area (Å²) in [6.45, 7) is 4.83. The molecule has 1 aliphatic rings. The third-order valence-electron chi connectivity index (χ3n) is 3.23. The molecule has 0 radical (unpaired) electrons. The molecule has 1 atom stereocenters. The molecule has 4 nitrogen and oxygen atoms in total. The van der Waals surface area contributed by atoms with Crippen molar-refractivity contribution in [1.82, 2.24) is 15.6 Å². The molecule has 92 valence electrons. The zero-order valence-corrected chi connectivity index (χ0v) is 10.2. The molecule has 1 aromatic heterocycles. The second kappa shape index (κ2) is 5.77. The molecule has 2 rings (SSSR count). The molecule has 1 aromatic rings. The average molecular weight is 233 g/mol. The Morgan fingerprint density at radius 2 is 2.53 bits per heavy atom. The minimum atomic E-state index is -0.0611. The summed E-state index contributed by atoms with van der Waals surface area (Å²) in [5, 5.41) is 6.26. The molecule has 0 aliphatic carbocycles. The minimum Gasteiger partial charge on any atom is -0.351 e. The predicted molar refractivity (Wildman–Crippen MR) is 66.9 cm³/mol. The molecule has 1 aliphatic heterocycles. The van der Waals surface area contributed by atoms with Crippen molar-refractivity contribution in [3.8, 4) is 0 Å². The van der Waals surface area contributed by atoms with E-state index in [0.717, 1.165) is 31.6 Å². The Hall–Kier alpha value is -1.42. The number of pyridine rings is 1. The van der Waals surface area contributed by atoms with E-state index in [1.807, 2.05) is 19.1 Å². The fraction of sp³-hybridized carbons (Fsp3) is 0.538. The van der Waals surface area contributed by atoms with Gasteiger partial charge in [0, 0.05) is 12.7 Å². The molecule has 1 unspecified atom stereocenters. The third kappa shape index (κ3) is 3.27. The summed E-state index contributed by atoms with van der Waals surface area (Å²) in [6.07, 6.45) is 3.92. The highest BCUT2D eigenvalue weighted by molar-refractivity contribution is 5.93. The van der Waals surface area contributed by atoms with Crippen molar-refractivity contribution in [3.63, 3.8) is 0 Å². The quantitative estimate of drug-likeness (QED) is 0.819. The summed E-state index contributed by atoms with van der Waals surface area (Å²) in [6, 6.07) is 3.75. The topological polar surface area (TPSA) is 54.0 Å². The van der Waals surface area contributed by atoms with Gasteiger partial charge in [-0.1, -0.05) is 6.07 Å². The lowest BCUT2D eigenvalue weighted by molar-refractivity contribution is 0.0946. The van der Waals surface area contributed by atoms with Gasteiger partial charge in [0.15, 0.2) is 0 Å². The normalized spacial score (nSPS) is 19.2. The Morgan fingerprint density at radius 1 is 1.65 bits per heavy atom. The molecule has 4 heteroatoms. The molecule has 2 heterocycles. The van der Waals surface area contributed by atoms with Gasteiger partial charge in [-0.3, -0.25) is 9.78 Å².